The highest BCUT2D eigenvalue weighted by molar-refractivity contribution is 5.32. The monoisotopic (exact) mass is 272 g/mol. The van der Waals surface area contributed by atoms with Crippen molar-refractivity contribution < 1.29 is 9.47 Å². The molecular formula is C16H20N2O2. The maximum atomic E-state index is 5.67. The van der Waals surface area contributed by atoms with Gasteiger partial charge in [0, 0.05) is 25.4 Å². The van der Waals surface area contributed by atoms with Gasteiger partial charge in [-0.05, 0) is 31.2 Å². The molecule has 2 rings (SSSR count). The molecule has 1 heterocycles. The van der Waals surface area contributed by atoms with E-state index in [-0.39, 0.29) is 0 Å². The Balaban J connectivity index is 1.67. The van der Waals surface area contributed by atoms with E-state index in [4.69, 9.17) is 9.47 Å². The molecule has 0 bridgehead atoms. The van der Waals surface area contributed by atoms with E-state index in [9.17, 15) is 0 Å². The molecule has 20 heavy (non-hydrogen) atoms. The van der Waals surface area contributed by atoms with Crippen molar-refractivity contribution in [3.8, 4) is 11.5 Å². The summed E-state index contributed by atoms with van der Waals surface area (Å²) in [7, 11) is 0. The summed E-state index contributed by atoms with van der Waals surface area (Å²) < 4.78 is 11.1. The minimum absolute atomic E-state index is 0.614. The predicted octanol–water partition coefficient (Wildman–Crippen LogP) is 2.65. The molecular weight excluding hydrogens is 252 g/mol. The van der Waals surface area contributed by atoms with Gasteiger partial charge in [0.05, 0.1) is 12.3 Å². The van der Waals surface area contributed by atoms with E-state index in [1.807, 2.05) is 49.4 Å². The molecule has 0 unspecified atom stereocenters. The molecule has 2 aromatic rings. The third kappa shape index (κ3) is 4.90. The molecule has 106 valence electrons. The van der Waals surface area contributed by atoms with Crippen LogP contribution in [0, 0.1) is 0 Å². The van der Waals surface area contributed by atoms with Crippen LogP contribution in [0.1, 0.15) is 12.6 Å². The summed E-state index contributed by atoms with van der Waals surface area (Å²) in [5.74, 6) is 1.67. The largest absolute Gasteiger partial charge is 0.494 e. The Kier molecular flexibility index (Phi) is 5.86. The van der Waals surface area contributed by atoms with E-state index in [0.29, 0.717) is 13.2 Å². The number of benzene rings is 1. The van der Waals surface area contributed by atoms with Crippen LogP contribution in [0.5, 0.6) is 11.5 Å². The Morgan fingerprint density at radius 1 is 1.05 bits per heavy atom. The molecule has 0 fully saturated rings. The first-order valence-corrected chi connectivity index (χ1v) is 6.85. The van der Waals surface area contributed by atoms with Crippen molar-refractivity contribution in [3.05, 3.63) is 54.4 Å². The average molecular weight is 272 g/mol. The molecule has 1 aromatic carbocycles. The van der Waals surface area contributed by atoms with Gasteiger partial charge in [-0.1, -0.05) is 12.1 Å². The molecule has 0 aliphatic rings. The van der Waals surface area contributed by atoms with Crippen molar-refractivity contribution in [3.63, 3.8) is 0 Å². The minimum atomic E-state index is 0.614. The number of aromatic nitrogens is 1. The third-order valence-corrected chi connectivity index (χ3v) is 2.70. The second-order valence-electron chi connectivity index (χ2n) is 4.25. The summed E-state index contributed by atoms with van der Waals surface area (Å²) in [6.07, 6.45) is 1.80. The minimum Gasteiger partial charge on any atom is -0.494 e. The summed E-state index contributed by atoms with van der Waals surface area (Å²) in [6.45, 7) is 4.77. The first-order chi connectivity index (χ1) is 9.88. The Morgan fingerprint density at radius 2 is 1.90 bits per heavy atom. The van der Waals surface area contributed by atoms with Crippen LogP contribution in [0.15, 0.2) is 48.7 Å². The van der Waals surface area contributed by atoms with Gasteiger partial charge in [0.15, 0.2) is 0 Å². The summed E-state index contributed by atoms with van der Waals surface area (Å²) in [4.78, 5) is 4.25. The van der Waals surface area contributed by atoms with Crippen LogP contribution < -0.4 is 14.8 Å². The van der Waals surface area contributed by atoms with Gasteiger partial charge in [-0.15, -0.1) is 0 Å². The fourth-order valence-corrected chi connectivity index (χ4v) is 1.78. The maximum absolute atomic E-state index is 5.67. The van der Waals surface area contributed by atoms with Gasteiger partial charge in [-0.25, -0.2) is 0 Å². The maximum Gasteiger partial charge on any atom is 0.123 e. The average Bonchev–Trinajstić information content (AvgIpc) is 2.49. The highest BCUT2D eigenvalue weighted by atomic mass is 16.5. The van der Waals surface area contributed by atoms with Gasteiger partial charge in [-0.2, -0.15) is 0 Å². The number of hydrogen-bond acceptors (Lipinski definition) is 4. The number of hydrogen-bond donors (Lipinski definition) is 1. The summed E-state index contributed by atoms with van der Waals surface area (Å²) in [5.41, 5.74) is 1.03. The molecule has 1 aromatic heterocycles. The third-order valence-electron chi connectivity index (χ3n) is 2.70. The lowest BCUT2D eigenvalue weighted by molar-refractivity contribution is 0.306. The van der Waals surface area contributed by atoms with Gasteiger partial charge in [0.25, 0.3) is 0 Å². The standard InChI is InChI=1S/C16H20N2O2/c1-2-19-15-7-5-8-16(12-15)20-11-10-17-13-14-6-3-4-9-18-14/h3-9,12,17H,2,10-11,13H2,1H3. The smallest absolute Gasteiger partial charge is 0.123 e. The van der Waals surface area contributed by atoms with Crippen molar-refractivity contribution >= 4 is 0 Å². The van der Waals surface area contributed by atoms with Crippen LogP contribution >= 0.6 is 0 Å². The van der Waals surface area contributed by atoms with Crippen molar-refractivity contribution in [1.82, 2.24) is 10.3 Å². The van der Waals surface area contributed by atoms with E-state index >= 15 is 0 Å². The van der Waals surface area contributed by atoms with Crippen LogP contribution in [0.4, 0.5) is 0 Å². The van der Waals surface area contributed by atoms with Gasteiger partial charge in [0.1, 0.15) is 18.1 Å². The highest BCUT2D eigenvalue weighted by Gasteiger charge is 1.97. The fourth-order valence-electron chi connectivity index (χ4n) is 1.78. The van der Waals surface area contributed by atoms with Gasteiger partial charge < -0.3 is 14.8 Å². The van der Waals surface area contributed by atoms with E-state index in [1.165, 1.54) is 0 Å². The van der Waals surface area contributed by atoms with Gasteiger partial charge in [-0.3, -0.25) is 4.98 Å². The normalized spacial score (nSPS) is 10.2. The van der Waals surface area contributed by atoms with E-state index in [2.05, 4.69) is 10.3 Å². The highest BCUT2D eigenvalue weighted by Crippen LogP contribution is 2.19. The number of ether oxygens (including phenoxy) is 2. The zero-order chi connectivity index (χ0) is 14.0. The number of rotatable bonds is 8. The lowest BCUT2D eigenvalue weighted by Crippen LogP contribution is -2.21. The van der Waals surface area contributed by atoms with Gasteiger partial charge in [0.2, 0.25) is 0 Å². The fraction of sp³-hybridized carbons (Fsp3) is 0.312. The Hall–Kier alpha value is -2.07. The molecule has 0 aliphatic carbocycles. The molecule has 0 saturated carbocycles. The first-order valence-electron chi connectivity index (χ1n) is 6.85. The molecule has 4 nitrogen and oxygen atoms in total. The Labute approximate surface area is 119 Å². The molecule has 0 aliphatic heterocycles. The lowest BCUT2D eigenvalue weighted by atomic mass is 10.3. The first kappa shape index (κ1) is 14.3. The summed E-state index contributed by atoms with van der Waals surface area (Å²) >= 11 is 0. The number of nitrogens with one attached hydrogen (secondary N) is 1. The second-order valence-corrected chi connectivity index (χ2v) is 4.25. The Bertz CT molecular complexity index is 503. The number of pyridine rings is 1. The molecule has 4 heteroatoms. The molecule has 0 amide bonds. The zero-order valence-corrected chi connectivity index (χ0v) is 11.7. The molecule has 0 atom stereocenters. The van der Waals surface area contributed by atoms with Crippen LogP contribution in [0.2, 0.25) is 0 Å². The molecule has 0 radical (unpaired) electrons. The van der Waals surface area contributed by atoms with Gasteiger partial charge >= 0.3 is 0 Å². The van der Waals surface area contributed by atoms with Crippen LogP contribution in [-0.2, 0) is 6.54 Å². The Morgan fingerprint density at radius 3 is 2.65 bits per heavy atom. The topological polar surface area (TPSA) is 43.4 Å². The van der Waals surface area contributed by atoms with E-state index < -0.39 is 0 Å². The lowest BCUT2D eigenvalue weighted by Gasteiger charge is -2.09. The zero-order valence-electron chi connectivity index (χ0n) is 11.7. The van der Waals surface area contributed by atoms with Crippen molar-refractivity contribution in [2.45, 2.75) is 13.5 Å². The van der Waals surface area contributed by atoms with Crippen molar-refractivity contribution in [2.24, 2.45) is 0 Å². The van der Waals surface area contributed by atoms with Crippen LogP contribution in [0.3, 0.4) is 0 Å². The predicted molar refractivity (Wildman–Crippen MR) is 79.0 cm³/mol. The molecule has 0 saturated heterocycles. The van der Waals surface area contributed by atoms with Crippen molar-refractivity contribution in [1.29, 1.82) is 0 Å². The van der Waals surface area contributed by atoms with E-state index in [1.54, 1.807) is 6.20 Å². The quantitative estimate of drug-likeness (QED) is 0.750. The SMILES string of the molecule is CCOc1cccc(OCCNCc2ccccn2)c1. The molecule has 1 N–H and O–H groups in total. The van der Waals surface area contributed by atoms with Crippen molar-refractivity contribution in [2.75, 3.05) is 19.8 Å². The summed E-state index contributed by atoms with van der Waals surface area (Å²) in [6, 6.07) is 13.6. The van der Waals surface area contributed by atoms with Crippen LogP contribution in [0.25, 0.3) is 0 Å². The molecule has 0 spiro atoms. The van der Waals surface area contributed by atoms with E-state index in [0.717, 1.165) is 30.3 Å². The second kappa shape index (κ2) is 8.17. The summed E-state index contributed by atoms with van der Waals surface area (Å²) in [5, 5.41) is 3.29. The van der Waals surface area contributed by atoms with Crippen LogP contribution in [-0.4, -0.2) is 24.7 Å². The number of nitrogens with zero attached hydrogens (tertiary/aromatic N) is 1.